The first kappa shape index (κ1) is 25.8. The Labute approximate surface area is 225 Å². The molecule has 0 bridgehead atoms. The average molecular weight is 588 g/mol. The summed E-state index contributed by atoms with van der Waals surface area (Å²) in [6.07, 6.45) is 1.61. The third-order valence-electron chi connectivity index (χ3n) is 4.93. The van der Waals surface area contributed by atoms with E-state index in [0.29, 0.717) is 44.5 Å². The zero-order valence-electron chi connectivity index (χ0n) is 19.0. The molecule has 1 saturated heterocycles. The van der Waals surface area contributed by atoms with Crippen molar-refractivity contribution in [3.63, 3.8) is 0 Å². The summed E-state index contributed by atoms with van der Waals surface area (Å²) in [7, 11) is 0. The summed E-state index contributed by atoms with van der Waals surface area (Å²) in [6.45, 7) is 1.96. The molecule has 0 unspecified atom stereocenters. The molecule has 184 valence electrons. The summed E-state index contributed by atoms with van der Waals surface area (Å²) >= 11 is 10.3. The van der Waals surface area contributed by atoms with Gasteiger partial charge in [0.25, 0.3) is 17.1 Å². The van der Waals surface area contributed by atoms with E-state index in [1.54, 1.807) is 54.6 Å². The van der Waals surface area contributed by atoms with Crippen LogP contribution in [0.25, 0.3) is 6.08 Å². The van der Waals surface area contributed by atoms with E-state index in [4.69, 9.17) is 21.1 Å². The molecule has 3 amide bonds. The fraction of sp³-hybridized carbons (Fsp3) is 0.115. The van der Waals surface area contributed by atoms with Crippen LogP contribution in [0.1, 0.15) is 12.5 Å². The molecule has 0 saturated carbocycles. The molecule has 1 heterocycles. The van der Waals surface area contributed by atoms with E-state index in [0.717, 1.165) is 16.7 Å². The van der Waals surface area contributed by atoms with Gasteiger partial charge in [0.2, 0.25) is 0 Å². The quantitative estimate of drug-likeness (QED) is 0.293. The SMILES string of the molecule is CCOc1cc(/C=C2/SC(=O)N(c3cccc(Cl)c3)C2=O)c(Br)cc1OCC(=O)Nc1ccccc1. The maximum atomic E-state index is 13.0. The van der Waals surface area contributed by atoms with Gasteiger partial charge < -0.3 is 14.8 Å². The monoisotopic (exact) mass is 586 g/mol. The number of amides is 3. The van der Waals surface area contributed by atoms with E-state index in [9.17, 15) is 14.4 Å². The number of hydrogen-bond acceptors (Lipinski definition) is 6. The number of hydrogen-bond donors (Lipinski definition) is 1. The normalized spacial score (nSPS) is 14.3. The Hall–Kier alpha value is -3.27. The number of anilines is 2. The number of ether oxygens (including phenoxy) is 2. The molecule has 1 N–H and O–H groups in total. The van der Waals surface area contributed by atoms with E-state index in [-0.39, 0.29) is 17.4 Å². The van der Waals surface area contributed by atoms with Crippen molar-refractivity contribution in [2.75, 3.05) is 23.4 Å². The van der Waals surface area contributed by atoms with Gasteiger partial charge in [0.15, 0.2) is 18.1 Å². The molecule has 4 rings (SSSR count). The Balaban J connectivity index is 1.53. The van der Waals surface area contributed by atoms with Crippen LogP contribution in [-0.2, 0) is 9.59 Å². The minimum Gasteiger partial charge on any atom is -0.490 e. The summed E-state index contributed by atoms with van der Waals surface area (Å²) in [5.74, 6) is -0.0155. The Morgan fingerprint density at radius 3 is 2.53 bits per heavy atom. The van der Waals surface area contributed by atoms with E-state index in [1.807, 2.05) is 25.1 Å². The number of thioether (sulfide) groups is 1. The molecule has 1 aliphatic heterocycles. The summed E-state index contributed by atoms with van der Waals surface area (Å²) in [6, 6.07) is 19.0. The fourth-order valence-corrected chi connectivity index (χ4v) is 4.80. The van der Waals surface area contributed by atoms with Crippen LogP contribution in [0.4, 0.5) is 16.2 Å². The van der Waals surface area contributed by atoms with Gasteiger partial charge in [0.05, 0.1) is 17.2 Å². The van der Waals surface area contributed by atoms with Crippen molar-refractivity contribution in [2.24, 2.45) is 0 Å². The number of halogens is 2. The van der Waals surface area contributed by atoms with Gasteiger partial charge in [-0.1, -0.05) is 51.8 Å². The van der Waals surface area contributed by atoms with Crippen molar-refractivity contribution in [2.45, 2.75) is 6.92 Å². The number of nitrogens with one attached hydrogen (secondary N) is 1. The molecule has 1 fully saturated rings. The minimum absolute atomic E-state index is 0.223. The van der Waals surface area contributed by atoms with Crippen molar-refractivity contribution in [3.05, 3.63) is 86.7 Å². The van der Waals surface area contributed by atoms with Crippen molar-refractivity contribution in [1.29, 1.82) is 0 Å². The zero-order valence-corrected chi connectivity index (χ0v) is 22.2. The van der Waals surface area contributed by atoms with E-state index in [1.165, 1.54) is 0 Å². The van der Waals surface area contributed by atoms with Gasteiger partial charge in [0.1, 0.15) is 0 Å². The molecule has 0 aromatic heterocycles. The van der Waals surface area contributed by atoms with Crippen molar-refractivity contribution < 1.29 is 23.9 Å². The lowest BCUT2D eigenvalue weighted by molar-refractivity contribution is -0.118. The summed E-state index contributed by atoms with van der Waals surface area (Å²) in [4.78, 5) is 39.2. The maximum Gasteiger partial charge on any atom is 0.298 e. The van der Waals surface area contributed by atoms with E-state index >= 15 is 0 Å². The summed E-state index contributed by atoms with van der Waals surface area (Å²) in [5, 5.41) is 2.76. The highest BCUT2D eigenvalue weighted by Gasteiger charge is 2.36. The Kier molecular flexibility index (Phi) is 8.35. The van der Waals surface area contributed by atoms with Crippen LogP contribution in [-0.4, -0.2) is 30.3 Å². The number of rotatable bonds is 8. The Bertz CT molecular complexity index is 1350. The van der Waals surface area contributed by atoms with Crippen molar-refractivity contribution >= 4 is 73.8 Å². The van der Waals surface area contributed by atoms with Crippen molar-refractivity contribution in [3.8, 4) is 11.5 Å². The maximum absolute atomic E-state index is 13.0. The predicted octanol–water partition coefficient (Wildman–Crippen LogP) is 6.76. The molecule has 10 heteroatoms. The second-order valence-electron chi connectivity index (χ2n) is 7.45. The molecule has 0 spiro atoms. The average Bonchev–Trinajstić information content (AvgIpc) is 3.13. The molecule has 36 heavy (non-hydrogen) atoms. The van der Waals surface area contributed by atoms with Crippen LogP contribution in [0.3, 0.4) is 0 Å². The number of benzene rings is 3. The molecule has 0 aliphatic carbocycles. The summed E-state index contributed by atoms with van der Waals surface area (Å²) < 4.78 is 12.0. The lowest BCUT2D eigenvalue weighted by atomic mass is 10.1. The second kappa shape index (κ2) is 11.6. The van der Waals surface area contributed by atoms with Gasteiger partial charge in [0, 0.05) is 15.2 Å². The first-order valence-electron chi connectivity index (χ1n) is 10.8. The number of nitrogens with zero attached hydrogens (tertiary/aromatic N) is 1. The number of carbonyl (C=O) groups excluding carboxylic acids is 3. The number of imide groups is 1. The molecule has 3 aromatic carbocycles. The van der Waals surface area contributed by atoms with Crippen LogP contribution < -0.4 is 19.7 Å². The number of carbonyl (C=O) groups is 3. The lowest BCUT2D eigenvalue weighted by Crippen LogP contribution is -2.27. The topological polar surface area (TPSA) is 84.9 Å². The molecule has 0 radical (unpaired) electrons. The van der Waals surface area contributed by atoms with Crippen LogP contribution in [0.15, 0.2) is 76.1 Å². The van der Waals surface area contributed by atoms with E-state index < -0.39 is 11.1 Å². The molecule has 1 aliphatic rings. The first-order chi connectivity index (χ1) is 17.4. The number of para-hydroxylation sites is 1. The second-order valence-corrected chi connectivity index (χ2v) is 9.74. The van der Waals surface area contributed by atoms with Crippen LogP contribution in [0.5, 0.6) is 11.5 Å². The molecule has 3 aromatic rings. The third-order valence-corrected chi connectivity index (χ3v) is 6.72. The standard InChI is InChI=1S/C26H20BrClN2O5S/c1-2-34-21-11-16(12-23-25(32)30(26(33)36-23)19-10-6-7-17(28)13-19)20(27)14-22(21)35-15-24(31)29-18-8-4-3-5-9-18/h3-14H,2,15H2,1H3,(H,29,31)/b23-12+. The highest BCUT2D eigenvalue weighted by Crippen LogP contribution is 2.40. The fourth-order valence-electron chi connectivity index (χ4n) is 3.35. The zero-order chi connectivity index (χ0) is 25.7. The van der Waals surface area contributed by atoms with Crippen LogP contribution >= 0.6 is 39.3 Å². The highest BCUT2D eigenvalue weighted by atomic mass is 79.9. The Morgan fingerprint density at radius 1 is 1.06 bits per heavy atom. The first-order valence-corrected chi connectivity index (χ1v) is 12.8. The van der Waals surface area contributed by atoms with Crippen molar-refractivity contribution in [1.82, 2.24) is 0 Å². The summed E-state index contributed by atoms with van der Waals surface area (Å²) in [5.41, 5.74) is 1.68. The molecule has 0 atom stereocenters. The molecular formula is C26H20BrClN2O5S. The molecular weight excluding hydrogens is 568 g/mol. The Morgan fingerprint density at radius 2 is 1.81 bits per heavy atom. The largest absolute Gasteiger partial charge is 0.490 e. The van der Waals surface area contributed by atoms with Crippen LogP contribution in [0, 0.1) is 0 Å². The molecule has 7 nitrogen and oxygen atoms in total. The smallest absolute Gasteiger partial charge is 0.298 e. The van der Waals surface area contributed by atoms with Crippen LogP contribution in [0.2, 0.25) is 5.02 Å². The lowest BCUT2D eigenvalue weighted by Gasteiger charge is -2.14. The van der Waals surface area contributed by atoms with Gasteiger partial charge in [-0.3, -0.25) is 14.4 Å². The predicted molar refractivity (Wildman–Crippen MR) is 146 cm³/mol. The highest BCUT2D eigenvalue weighted by molar-refractivity contribution is 9.10. The van der Waals surface area contributed by atoms with Gasteiger partial charge in [-0.05, 0) is 72.8 Å². The van der Waals surface area contributed by atoms with E-state index in [2.05, 4.69) is 21.2 Å². The van der Waals surface area contributed by atoms with Gasteiger partial charge in [-0.15, -0.1) is 0 Å². The van der Waals surface area contributed by atoms with Gasteiger partial charge in [-0.25, -0.2) is 4.90 Å². The minimum atomic E-state index is -0.449. The van der Waals surface area contributed by atoms with Gasteiger partial charge >= 0.3 is 0 Å². The third kappa shape index (κ3) is 6.10. The van der Waals surface area contributed by atoms with Gasteiger partial charge in [-0.2, -0.15) is 0 Å².